The van der Waals surface area contributed by atoms with Gasteiger partial charge < -0.3 is 10.1 Å². The standard InChI is InChI=1S/C17H22ClN3O3S/c1-11-8-13(18)6-7-14(11)24-10-16(23)20-21-17(25)19-15(22)9-12-4-2-3-5-12/h6-8,12H,2-5,9-10H2,1H3,(H,20,23)(H2,19,21,22,25). The summed E-state index contributed by atoms with van der Waals surface area (Å²) in [5.74, 6) is 0.467. The summed E-state index contributed by atoms with van der Waals surface area (Å²) in [5, 5.41) is 3.24. The van der Waals surface area contributed by atoms with Crippen molar-refractivity contribution in [1.82, 2.24) is 16.2 Å². The smallest absolute Gasteiger partial charge is 0.276 e. The van der Waals surface area contributed by atoms with Gasteiger partial charge in [-0.15, -0.1) is 0 Å². The Morgan fingerprint density at radius 1 is 1.24 bits per heavy atom. The molecule has 0 atom stereocenters. The molecule has 0 aliphatic heterocycles. The molecule has 8 heteroatoms. The number of hydrazine groups is 1. The van der Waals surface area contributed by atoms with E-state index in [1.807, 2.05) is 6.92 Å². The molecule has 0 radical (unpaired) electrons. The monoisotopic (exact) mass is 383 g/mol. The predicted octanol–water partition coefficient (Wildman–Crippen LogP) is 2.63. The van der Waals surface area contributed by atoms with Gasteiger partial charge in [0.05, 0.1) is 0 Å². The second-order valence-electron chi connectivity index (χ2n) is 6.10. The van der Waals surface area contributed by atoms with Crippen molar-refractivity contribution in [2.45, 2.75) is 39.0 Å². The average Bonchev–Trinajstić information content (AvgIpc) is 3.04. The molecular weight excluding hydrogens is 362 g/mol. The van der Waals surface area contributed by atoms with Crippen molar-refractivity contribution < 1.29 is 14.3 Å². The maximum atomic E-state index is 11.8. The normalized spacial score (nSPS) is 14.0. The SMILES string of the molecule is Cc1cc(Cl)ccc1OCC(=O)NNC(=S)NC(=O)CC1CCCC1. The van der Waals surface area contributed by atoms with Crippen LogP contribution in [0.2, 0.25) is 5.02 Å². The van der Waals surface area contributed by atoms with Gasteiger partial charge in [-0.2, -0.15) is 0 Å². The zero-order valence-electron chi connectivity index (χ0n) is 14.1. The summed E-state index contributed by atoms with van der Waals surface area (Å²) in [6.07, 6.45) is 5.01. The second kappa shape index (κ2) is 9.58. The Morgan fingerprint density at radius 2 is 1.96 bits per heavy atom. The third kappa shape index (κ3) is 6.88. The van der Waals surface area contributed by atoms with Gasteiger partial charge in [0, 0.05) is 11.4 Å². The predicted molar refractivity (Wildman–Crippen MR) is 100 cm³/mol. The van der Waals surface area contributed by atoms with Crippen LogP contribution in [0.5, 0.6) is 5.75 Å². The number of benzene rings is 1. The van der Waals surface area contributed by atoms with E-state index in [1.165, 1.54) is 12.8 Å². The molecule has 136 valence electrons. The van der Waals surface area contributed by atoms with Crippen LogP contribution in [0.15, 0.2) is 18.2 Å². The van der Waals surface area contributed by atoms with Gasteiger partial charge in [-0.3, -0.25) is 20.4 Å². The van der Waals surface area contributed by atoms with Gasteiger partial charge in [-0.05, 0) is 61.7 Å². The van der Waals surface area contributed by atoms with Crippen LogP contribution in [0.1, 0.15) is 37.7 Å². The molecule has 1 aliphatic rings. The lowest BCUT2D eigenvalue weighted by Gasteiger charge is -2.13. The minimum atomic E-state index is -0.415. The Hall–Kier alpha value is -1.86. The van der Waals surface area contributed by atoms with Gasteiger partial charge in [0.15, 0.2) is 11.7 Å². The minimum absolute atomic E-state index is 0.0685. The summed E-state index contributed by atoms with van der Waals surface area (Å²) < 4.78 is 5.41. The molecule has 0 saturated heterocycles. The van der Waals surface area contributed by atoms with E-state index in [0.29, 0.717) is 23.1 Å². The number of rotatable bonds is 5. The number of carbonyl (C=O) groups is 2. The molecule has 3 N–H and O–H groups in total. The van der Waals surface area contributed by atoms with Gasteiger partial charge in [0.25, 0.3) is 5.91 Å². The van der Waals surface area contributed by atoms with E-state index >= 15 is 0 Å². The summed E-state index contributed by atoms with van der Waals surface area (Å²) in [4.78, 5) is 23.6. The number of nitrogens with one attached hydrogen (secondary N) is 3. The van der Waals surface area contributed by atoms with Crippen molar-refractivity contribution in [3.8, 4) is 5.75 Å². The fourth-order valence-electron chi connectivity index (χ4n) is 2.77. The van der Waals surface area contributed by atoms with Crippen molar-refractivity contribution in [3.05, 3.63) is 28.8 Å². The molecule has 6 nitrogen and oxygen atoms in total. The summed E-state index contributed by atoms with van der Waals surface area (Å²) in [5.41, 5.74) is 5.72. The summed E-state index contributed by atoms with van der Waals surface area (Å²) in [6.45, 7) is 1.65. The van der Waals surface area contributed by atoms with Crippen LogP contribution in [0, 0.1) is 12.8 Å². The molecule has 0 heterocycles. The van der Waals surface area contributed by atoms with Crippen LogP contribution < -0.4 is 20.9 Å². The molecule has 0 aromatic heterocycles. The lowest BCUT2D eigenvalue weighted by atomic mass is 10.0. The van der Waals surface area contributed by atoms with E-state index in [-0.39, 0.29) is 17.6 Å². The Kier molecular flexibility index (Phi) is 7.46. The molecular formula is C17H22ClN3O3S. The average molecular weight is 384 g/mol. The molecule has 2 rings (SSSR count). The third-order valence-electron chi connectivity index (χ3n) is 4.01. The topological polar surface area (TPSA) is 79.5 Å². The molecule has 1 aliphatic carbocycles. The molecule has 1 saturated carbocycles. The first-order valence-corrected chi connectivity index (χ1v) is 9.00. The van der Waals surface area contributed by atoms with E-state index in [2.05, 4.69) is 16.2 Å². The zero-order valence-corrected chi connectivity index (χ0v) is 15.6. The largest absolute Gasteiger partial charge is 0.483 e. The van der Waals surface area contributed by atoms with Crippen LogP contribution in [-0.2, 0) is 9.59 Å². The summed E-state index contributed by atoms with van der Waals surface area (Å²) in [7, 11) is 0. The van der Waals surface area contributed by atoms with Crippen LogP contribution in [0.4, 0.5) is 0 Å². The molecule has 25 heavy (non-hydrogen) atoms. The lowest BCUT2D eigenvalue weighted by Crippen LogP contribution is -2.49. The van der Waals surface area contributed by atoms with Gasteiger partial charge in [-0.25, -0.2) is 0 Å². The van der Waals surface area contributed by atoms with Crippen LogP contribution in [0.25, 0.3) is 0 Å². The maximum absolute atomic E-state index is 11.8. The Balaban J connectivity index is 1.65. The molecule has 2 amide bonds. The quantitative estimate of drug-likeness (QED) is 0.538. The molecule has 1 aromatic rings. The van der Waals surface area contributed by atoms with Gasteiger partial charge in [-0.1, -0.05) is 24.4 Å². The summed E-state index contributed by atoms with van der Waals surface area (Å²) >= 11 is 10.9. The lowest BCUT2D eigenvalue weighted by molar-refractivity contribution is -0.124. The highest BCUT2D eigenvalue weighted by atomic mass is 35.5. The van der Waals surface area contributed by atoms with E-state index in [4.69, 9.17) is 28.6 Å². The molecule has 0 spiro atoms. The Morgan fingerprint density at radius 3 is 2.64 bits per heavy atom. The highest BCUT2D eigenvalue weighted by molar-refractivity contribution is 7.80. The molecule has 1 fully saturated rings. The molecule has 0 unspecified atom stereocenters. The van der Waals surface area contributed by atoms with Gasteiger partial charge in [0.1, 0.15) is 5.75 Å². The van der Waals surface area contributed by atoms with Crippen molar-refractivity contribution in [1.29, 1.82) is 0 Å². The number of halogens is 1. The Labute approximate surface area is 157 Å². The fraction of sp³-hybridized carbons (Fsp3) is 0.471. The molecule has 1 aromatic carbocycles. The number of hydrogen-bond acceptors (Lipinski definition) is 4. The van der Waals surface area contributed by atoms with E-state index in [9.17, 15) is 9.59 Å². The van der Waals surface area contributed by atoms with E-state index < -0.39 is 5.91 Å². The number of ether oxygens (including phenoxy) is 1. The highest BCUT2D eigenvalue weighted by Gasteiger charge is 2.18. The summed E-state index contributed by atoms with van der Waals surface area (Å²) in [6, 6.07) is 5.14. The van der Waals surface area contributed by atoms with Crippen molar-refractivity contribution in [2.24, 2.45) is 5.92 Å². The minimum Gasteiger partial charge on any atom is -0.483 e. The third-order valence-corrected chi connectivity index (χ3v) is 4.45. The zero-order chi connectivity index (χ0) is 18.2. The number of aryl methyl sites for hydroxylation is 1. The van der Waals surface area contributed by atoms with Crippen LogP contribution in [-0.4, -0.2) is 23.5 Å². The van der Waals surface area contributed by atoms with E-state index in [1.54, 1.807) is 18.2 Å². The van der Waals surface area contributed by atoms with Crippen molar-refractivity contribution in [3.63, 3.8) is 0 Å². The first-order chi connectivity index (χ1) is 11.9. The first-order valence-electron chi connectivity index (χ1n) is 8.21. The number of carbonyl (C=O) groups excluding carboxylic acids is 2. The Bertz CT molecular complexity index is 648. The molecule has 0 bridgehead atoms. The highest BCUT2D eigenvalue weighted by Crippen LogP contribution is 2.27. The van der Waals surface area contributed by atoms with Crippen molar-refractivity contribution in [2.75, 3.05) is 6.61 Å². The number of hydrogen-bond donors (Lipinski definition) is 3. The number of thiocarbonyl (C=S) groups is 1. The van der Waals surface area contributed by atoms with Crippen molar-refractivity contribution >= 4 is 40.7 Å². The van der Waals surface area contributed by atoms with Gasteiger partial charge in [0.2, 0.25) is 5.91 Å². The number of amides is 2. The van der Waals surface area contributed by atoms with Crippen LogP contribution >= 0.6 is 23.8 Å². The second-order valence-corrected chi connectivity index (χ2v) is 6.95. The first kappa shape index (κ1) is 19.5. The van der Waals surface area contributed by atoms with E-state index in [0.717, 1.165) is 18.4 Å². The van der Waals surface area contributed by atoms with Gasteiger partial charge >= 0.3 is 0 Å². The fourth-order valence-corrected chi connectivity index (χ4v) is 3.16. The maximum Gasteiger partial charge on any atom is 0.276 e. The van der Waals surface area contributed by atoms with Crippen LogP contribution in [0.3, 0.4) is 0 Å².